The van der Waals surface area contributed by atoms with E-state index in [4.69, 9.17) is 4.74 Å². The smallest absolute Gasteiger partial charge is 0.335 e. The Kier molecular flexibility index (Phi) is 6.98. The first-order valence-corrected chi connectivity index (χ1v) is 12.8. The lowest BCUT2D eigenvalue weighted by molar-refractivity contribution is -0.146. The molecule has 0 N–H and O–H groups in total. The van der Waals surface area contributed by atoms with Gasteiger partial charge in [-0.1, -0.05) is 111 Å². The molecule has 0 bridgehead atoms. The van der Waals surface area contributed by atoms with Gasteiger partial charge in [0.25, 0.3) is 11.8 Å². The van der Waals surface area contributed by atoms with Crippen molar-refractivity contribution in [1.82, 2.24) is 9.80 Å². The van der Waals surface area contributed by atoms with E-state index in [1.165, 1.54) is 0 Å². The SMILES string of the molecule is CC(C)COC(=O)CN1C(=O)N(C(=O)c2cccc3ccccc23)C(=O)C1(c1ccccc1)c1ccccc1. The summed E-state index contributed by atoms with van der Waals surface area (Å²) in [6.45, 7) is 3.46. The number of rotatable bonds is 7. The van der Waals surface area contributed by atoms with Crippen LogP contribution in [0.3, 0.4) is 0 Å². The van der Waals surface area contributed by atoms with Gasteiger partial charge in [0.15, 0.2) is 5.54 Å². The molecule has 0 unspecified atom stereocenters. The largest absolute Gasteiger partial charge is 0.464 e. The zero-order valence-electron chi connectivity index (χ0n) is 21.7. The quantitative estimate of drug-likeness (QED) is 0.185. The van der Waals surface area contributed by atoms with E-state index in [0.29, 0.717) is 21.4 Å². The van der Waals surface area contributed by atoms with E-state index < -0.39 is 35.9 Å². The van der Waals surface area contributed by atoms with Gasteiger partial charge in [0, 0.05) is 5.56 Å². The minimum Gasteiger partial charge on any atom is -0.464 e. The average molecular weight is 521 g/mol. The molecular formula is C32H28N2O5. The van der Waals surface area contributed by atoms with E-state index in [-0.39, 0.29) is 18.1 Å². The summed E-state index contributed by atoms with van der Waals surface area (Å²) < 4.78 is 5.40. The molecular weight excluding hydrogens is 492 g/mol. The molecule has 5 rings (SSSR count). The van der Waals surface area contributed by atoms with Crippen LogP contribution in [-0.2, 0) is 19.9 Å². The van der Waals surface area contributed by atoms with Gasteiger partial charge in [0.1, 0.15) is 6.54 Å². The topological polar surface area (TPSA) is 84.0 Å². The van der Waals surface area contributed by atoms with Gasteiger partial charge in [-0.25, -0.2) is 4.79 Å². The molecule has 0 atom stereocenters. The number of hydrogen-bond donors (Lipinski definition) is 0. The first kappa shape index (κ1) is 25.9. The number of urea groups is 1. The van der Waals surface area contributed by atoms with E-state index in [1.54, 1.807) is 84.9 Å². The number of nitrogens with zero attached hydrogens (tertiary/aromatic N) is 2. The summed E-state index contributed by atoms with van der Waals surface area (Å²) in [5, 5.41) is 1.42. The number of imide groups is 3. The van der Waals surface area contributed by atoms with Crippen LogP contribution in [0, 0.1) is 5.92 Å². The molecule has 4 amide bonds. The summed E-state index contributed by atoms with van der Waals surface area (Å²) in [5.74, 6) is -2.08. The molecule has 1 fully saturated rings. The highest BCUT2D eigenvalue weighted by Crippen LogP contribution is 2.44. The highest BCUT2D eigenvalue weighted by molar-refractivity contribution is 6.25. The van der Waals surface area contributed by atoms with E-state index >= 15 is 0 Å². The molecule has 0 aromatic heterocycles. The van der Waals surface area contributed by atoms with Crippen LogP contribution in [-0.4, -0.2) is 46.8 Å². The summed E-state index contributed by atoms with van der Waals surface area (Å²) in [6, 6.07) is 29.0. The Morgan fingerprint density at radius 1 is 0.769 bits per heavy atom. The van der Waals surface area contributed by atoms with Crippen LogP contribution >= 0.6 is 0 Å². The molecule has 0 radical (unpaired) electrons. The summed E-state index contributed by atoms with van der Waals surface area (Å²) in [5.41, 5.74) is -0.621. The molecule has 0 spiro atoms. The van der Waals surface area contributed by atoms with Crippen molar-refractivity contribution in [3.63, 3.8) is 0 Å². The second kappa shape index (κ2) is 10.5. The zero-order valence-corrected chi connectivity index (χ0v) is 21.7. The Morgan fingerprint density at radius 3 is 1.95 bits per heavy atom. The average Bonchev–Trinajstić information content (AvgIpc) is 3.18. The number of amides is 4. The van der Waals surface area contributed by atoms with Gasteiger partial charge in [-0.05, 0) is 33.9 Å². The predicted octanol–water partition coefficient (Wildman–Crippen LogP) is 5.39. The van der Waals surface area contributed by atoms with Gasteiger partial charge in [0.2, 0.25) is 0 Å². The highest BCUT2D eigenvalue weighted by Gasteiger charge is 2.62. The third kappa shape index (κ3) is 4.46. The van der Waals surface area contributed by atoms with Crippen LogP contribution in [0.15, 0.2) is 103 Å². The minimum absolute atomic E-state index is 0.0855. The van der Waals surface area contributed by atoms with Gasteiger partial charge in [-0.2, -0.15) is 4.90 Å². The van der Waals surface area contributed by atoms with Crippen LogP contribution in [0.4, 0.5) is 4.79 Å². The van der Waals surface area contributed by atoms with Crippen LogP contribution in [0.1, 0.15) is 35.3 Å². The summed E-state index contributed by atoms with van der Waals surface area (Å²) in [7, 11) is 0. The number of esters is 1. The Bertz CT molecular complexity index is 1500. The van der Waals surface area contributed by atoms with Crippen molar-refractivity contribution in [2.45, 2.75) is 19.4 Å². The fourth-order valence-corrected chi connectivity index (χ4v) is 5.04. The van der Waals surface area contributed by atoms with Crippen molar-refractivity contribution < 1.29 is 23.9 Å². The molecule has 196 valence electrons. The molecule has 1 aliphatic heterocycles. The molecule has 1 heterocycles. The van der Waals surface area contributed by atoms with Gasteiger partial charge in [-0.3, -0.25) is 19.3 Å². The van der Waals surface area contributed by atoms with Crippen molar-refractivity contribution in [3.8, 4) is 0 Å². The Labute approximate surface area is 226 Å². The van der Waals surface area contributed by atoms with Crippen molar-refractivity contribution in [2.75, 3.05) is 13.2 Å². The molecule has 1 aliphatic rings. The first-order valence-electron chi connectivity index (χ1n) is 12.8. The Balaban J connectivity index is 1.69. The van der Waals surface area contributed by atoms with Crippen molar-refractivity contribution >= 4 is 34.6 Å². The standard InChI is InChI=1S/C32H28N2O5/c1-22(2)21-39-28(35)20-33-31(38)34(29(36)27-19-11-13-23-12-9-10-18-26(23)27)30(37)32(33,24-14-5-3-6-15-24)25-16-7-4-8-17-25/h3-19,22H,20-21H2,1-2H3. The lowest BCUT2D eigenvalue weighted by Gasteiger charge is -2.35. The molecule has 4 aromatic carbocycles. The number of fused-ring (bicyclic) bond motifs is 1. The van der Waals surface area contributed by atoms with E-state index in [2.05, 4.69) is 0 Å². The van der Waals surface area contributed by atoms with Gasteiger partial charge < -0.3 is 4.74 Å². The zero-order chi connectivity index (χ0) is 27.6. The molecule has 0 saturated carbocycles. The molecule has 0 aliphatic carbocycles. The lowest BCUT2D eigenvalue weighted by atomic mass is 9.81. The number of carbonyl (C=O) groups excluding carboxylic acids is 4. The van der Waals surface area contributed by atoms with Gasteiger partial charge in [-0.15, -0.1) is 0 Å². The summed E-state index contributed by atoms with van der Waals surface area (Å²) in [6.07, 6.45) is 0. The second-order valence-electron chi connectivity index (χ2n) is 9.86. The number of ether oxygens (including phenoxy) is 1. The van der Waals surface area contributed by atoms with Crippen molar-refractivity contribution in [2.24, 2.45) is 5.92 Å². The maximum Gasteiger partial charge on any atom is 0.335 e. The minimum atomic E-state index is -1.75. The fourth-order valence-electron chi connectivity index (χ4n) is 5.04. The number of carbonyl (C=O) groups is 4. The Morgan fingerprint density at radius 2 is 1.33 bits per heavy atom. The van der Waals surface area contributed by atoms with E-state index in [0.717, 1.165) is 10.3 Å². The molecule has 39 heavy (non-hydrogen) atoms. The summed E-state index contributed by atoms with van der Waals surface area (Å²) >= 11 is 0. The third-order valence-corrected chi connectivity index (χ3v) is 6.81. The fraction of sp³-hybridized carbons (Fsp3) is 0.188. The molecule has 1 saturated heterocycles. The molecule has 7 heteroatoms. The number of hydrogen-bond acceptors (Lipinski definition) is 5. The third-order valence-electron chi connectivity index (χ3n) is 6.81. The molecule has 7 nitrogen and oxygen atoms in total. The van der Waals surface area contributed by atoms with Crippen molar-refractivity contribution in [3.05, 3.63) is 120 Å². The highest BCUT2D eigenvalue weighted by atomic mass is 16.5. The maximum absolute atomic E-state index is 14.5. The summed E-state index contributed by atoms with van der Waals surface area (Å²) in [4.78, 5) is 57.5. The van der Waals surface area contributed by atoms with Crippen molar-refractivity contribution in [1.29, 1.82) is 0 Å². The van der Waals surface area contributed by atoms with E-state index in [1.807, 2.05) is 32.0 Å². The van der Waals surface area contributed by atoms with Gasteiger partial charge in [0.05, 0.1) is 6.61 Å². The Hall–Kier alpha value is -4.78. The van der Waals surface area contributed by atoms with Crippen LogP contribution < -0.4 is 0 Å². The monoisotopic (exact) mass is 520 g/mol. The molecule has 4 aromatic rings. The maximum atomic E-state index is 14.5. The van der Waals surface area contributed by atoms with Gasteiger partial charge >= 0.3 is 12.0 Å². The van der Waals surface area contributed by atoms with E-state index in [9.17, 15) is 19.2 Å². The number of benzene rings is 4. The second-order valence-corrected chi connectivity index (χ2v) is 9.86. The normalized spacial score (nSPS) is 14.7. The van der Waals surface area contributed by atoms with Crippen LogP contribution in [0.25, 0.3) is 10.8 Å². The lowest BCUT2D eigenvalue weighted by Crippen LogP contribution is -2.50. The predicted molar refractivity (Wildman–Crippen MR) is 147 cm³/mol. The van der Waals surface area contributed by atoms with Crippen LogP contribution in [0.5, 0.6) is 0 Å². The first-order chi connectivity index (χ1) is 18.9. The van der Waals surface area contributed by atoms with Crippen LogP contribution in [0.2, 0.25) is 0 Å².